The van der Waals surface area contributed by atoms with E-state index in [1.54, 1.807) is 0 Å². The third kappa shape index (κ3) is 5.47. The van der Waals surface area contributed by atoms with Crippen LogP contribution in [0.25, 0.3) is 0 Å². The number of carbonyl (C=O) groups is 1. The second-order valence-electron chi connectivity index (χ2n) is 5.98. The lowest BCUT2D eigenvalue weighted by molar-refractivity contribution is -0.125. The lowest BCUT2D eigenvalue weighted by Crippen LogP contribution is -2.45. The van der Waals surface area contributed by atoms with Crippen molar-refractivity contribution < 1.29 is 4.79 Å². The molecule has 1 aliphatic rings. The maximum absolute atomic E-state index is 11.8. The molecule has 0 spiro atoms. The molecule has 19 heavy (non-hydrogen) atoms. The molecule has 0 aromatic carbocycles. The van der Waals surface area contributed by atoms with Crippen LogP contribution >= 0.6 is 0 Å². The quantitative estimate of drug-likeness (QED) is 0.719. The van der Waals surface area contributed by atoms with Gasteiger partial charge in [0.25, 0.3) is 0 Å². The molecule has 112 valence electrons. The van der Waals surface area contributed by atoms with Crippen LogP contribution in [-0.4, -0.2) is 68.1 Å². The summed E-state index contributed by atoms with van der Waals surface area (Å²) >= 11 is 0. The molecule has 0 aliphatic carbocycles. The zero-order chi connectivity index (χ0) is 14.4. The topological polar surface area (TPSA) is 61.6 Å². The van der Waals surface area contributed by atoms with Gasteiger partial charge < -0.3 is 20.9 Å². The molecule has 0 radical (unpaired) electrons. The van der Waals surface area contributed by atoms with Crippen molar-refractivity contribution in [2.24, 2.45) is 11.7 Å². The van der Waals surface area contributed by atoms with E-state index >= 15 is 0 Å². The van der Waals surface area contributed by atoms with E-state index in [0.29, 0.717) is 6.04 Å². The highest BCUT2D eigenvalue weighted by Gasteiger charge is 2.21. The molecule has 1 fully saturated rings. The average Bonchev–Trinajstić information content (AvgIpc) is 2.38. The molecule has 1 saturated heterocycles. The largest absolute Gasteiger partial charge is 0.355 e. The molecule has 1 aliphatic heterocycles. The summed E-state index contributed by atoms with van der Waals surface area (Å²) in [6, 6.07) is 0.625. The van der Waals surface area contributed by atoms with Crippen LogP contribution in [0.1, 0.15) is 26.7 Å². The highest BCUT2D eigenvalue weighted by atomic mass is 16.1. The van der Waals surface area contributed by atoms with Gasteiger partial charge in [0.2, 0.25) is 5.91 Å². The molecular weight excluding hydrogens is 240 g/mol. The van der Waals surface area contributed by atoms with Crippen molar-refractivity contribution in [1.29, 1.82) is 0 Å². The van der Waals surface area contributed by atoms with Crippen molar-refractivity contribution in [3.63, 3.8) is 0 Å². The van der Waals surface area contributed by atoms with E-state index in [1.165, 1.54) is 12.8 Å². The zero-order valence-corrected chi connectivity index (χ0v) is 12.9. The molecule has 0 saturated carbocycles. The van der Waals surface area contributed by atoms with E-state index in [9.17, 15) is 4.79 Å². The van der Waals surface area contributed by atoms with Gasteiger partial charge in [-0.15, -0.1) is 0 Å². The maximum atomic E-state index is 11.8. The summed E-state index contributed by atoms with van der Waals surface area (Å²) < 4.78 is 0. The maximum Gasteiger partial charge on any atom is 0.224 e. The van der Waals surface area contributed by atoms with Crippen molar-refractivity contribution in [3.05, 3.63) is 0 Å². The highest BCUT2D eigenvalue weighted by Crippen LogP contribution is 2.13. The van der Waals surface area contributed by atoms with E-state index in [4.69, 9.17) is 5.73 Å². The number of carbonyl (C=O) groups excluding carboxylic acids is 1. The molecule has 1 heterocycles. The first-order chi connectivity index (χ1) is 8.91. The summed E-state index contributed by atoms with van der Waals surface area (Å²) in [5.41, 5.74) is 5.72. The van der Waals surface area contributed by atoms with Gasteiger partial charge in [-0.3, -0.25) is 4.79 Å². The minimum Gasteiger partial charge on any atom is -0.355 e. The molecule has 0 aromatic heterocycles. The van der Waals surface area contributed by atoms with Crippen molar-refractivity contribution in [3.8, 4) is 0 Å². The van der Waals surface area contributed by atoms with Gasteiger partial charge in [-0.1, -0.05) is 6.92 Å². The molecule has 0 bridgehead atoms. The van der Waals surface area contributed by atoms with Gasteiger partial charge in [0.1, 0.15) is 0 Å². The third-order valence-electron chi connectivity index (χ3n) is 4.22. The molecule has 5 nitrogen and oxygen atoms in total. The van der Waals surface area contributed by atoms with Crippen LogP contribution in [0.2, 0.25) is 0 Å². The Morgan fingerprint density at radius 3 is 2.42 bits per heavy atom. The van der Waals surface area contributed by atoms with E-state index in [2.05, 4.69) is 29.2 Å². The number of hydrogen-bond donors (Lipinski definition) is 2. The van der Waals surface area contributed by atoms with Gasteiger partial charge in [-0.25, -0.2) is 0 Å². The number of rotatable bonds is 6. The number of nitrogens with one attached hydrogen (secondary N) is 1. The van der Waals surface area contributed by atoms with Crippen LogP contribution in [-0.2, 0) is 4.79 Å². The molecule has 1 amide bonds. The Bertz CT molecular complexity index is 273. The van der Waals surface area contributed by atoms with Crippen molar-refractivity contribution in [2.45, 2.75) is 38.8 Å². The molecule has 3 N–H and O–H groups in total. The van der Waals surface area contributed by atoms with Crippen LogP contribution in [0.15, 0.2) is 0 Å². The van der Waals surface area contributed by atoms with Crippen molar-refractivity contribution in [2.75, 3.05) is 40.3 Å². The Kier molecular flexibility index (Phi) is 6.75. The van der Waals surface area contributed by atoms with Crippen molar-refractivity contribution >= 4 is 5.91 Å². The van der Waals surface area contributed by atoms with Gasteiger partial charge >= 0.3 is 0 Å². The van der Waals surface area contributed by atoms with E-state index in [1.807, 2.05) is 13.8 Å². The lowest BCUT2D eigenvalue weighted by atomic mass is 10.0. The number of nitrogens with two attached hydrogens (primary N) is 1. The first-order valence-electron chi connectivity index (χ1n) is 7.34. The predicted octanol–water partition coefficient (Wildman–Crippen LogP) is 0.112. The first-order valence-corrected chi connectivity index (χ1v) is 7.34. The Hall–Kier alpha value is -0.650. The SMILES string of the molecule is CC(N)C(C)C(=O)NCCN1CCC(N(C)C)CC1. The molecule has 2 unspecified atom stereocenters. The number of hydrogen-bond acceptors (Lipinski definition) is 4. The summed E-state index contributed by atoms with van der Waals surface area (Å²) in [6.07, 6.45) is 2.44. The van der Waals surface area contributed by atoms with Crippen LogP contribution in [0.5, 0.6) is 0 Å². The summed E-state index contributed by atoms with van der Waals surface area (Å²) in [7, 11) is 4.30. The van der Waals surface area contributed by atoms with Gasteiger partial charge in [-0.2, -0.15) is 0 Å². The third-order valence-corrected chi connectivity index (χ3v) is 4.22. The second-order valence-corrected chi connectivity index (χ2v) is 5.98. The minimum atomic E-state index is -0.112. The van der Waals surface area contributed by atoms with Crippen LogP contribution < -0.4 is 11.1 Å². The van der Waals surface area contributed by atoms with E-state index in [-0.39, 0.29) is 17.9 Å². The van der Waals surface area contributed by atoms with Gasteiger partial charge in [0, 0.05) is 31.1 Å². The van der Waals surface area contributed by atoms with Crippen molar-refractivity contribution in [1.82, 2.24) is 15.1 Å². The van der Waals surface area contributed by atoms with Gasteiger partial charge in [-0.05, 0) is 47.0 Å². The number of likely N-dealkylation sites (tertiary alicyclic amines) is 1. The molecule has 5 heteroatoms. The Labute approximate surface area is 117 Å². The number of nitrogens with zero attached hydrogens (tertiary/aromatic N) is 2. The predicted molar refractivity (Wildman–Crippen MR) is 79.0 cm³/mol. The Morgan fingerprint density at radius 2 is 1.95 bits per heavy atom. The zero-order valence-electron chi connectivity index (χ0n) is 12.9. The minimum absolute atomic E-state index is 0.0678. The molecule has 2 atom stereocenters. The highest BCUT2D eigenvalue weighted by molar-refractivity contribution is 5.78. The Morgan fingerprint density at radius 1 is 1.37 bits per heavy atom. The molecular formula is C14H30N4O. The van der Waals surface area contributed by atoms with E-state index < -0.39 is 0 Å². The average molecular weight is 270 g/mol. The fraction of sp³-hybridized carbons (Fsp3) is 0.929. The fourth-order valence-electron chi connectivity index (χ4n) is 2.40. The standard InChI is InChI=1S/C14H30N4O/c1-11(12(2)15)14(19)16-7-10-18-8-5-13(6-9-18)17(3)4/h11-13H,5-10,15H2,1-4H3,(H,16,19). The fourth-order valence-corrected chi connectivity index (χ4v) is 2.40. The van der Waals surface area contributed by atoms with E-state index in [0.717, 1.165) is 26.2 Å². The van der Waals surface area contributed by atoms with Crippen LogP contribution in [0.3, 0.4) is 0 Å². The smallest absolute Gasteiger partial charge is 0.224 e. The lowest BCUT2D eigenvalue weighted by Gasteiger charge is -2.35. The molecule has 1 rings (SSSR count). The normalized spacial score (nSPS) is 21.4. The summed E-state index contributed by atoms with van der Waals surface area (Å²) in [6.45, 7) is 7.67. The first kappa shape index (κ1) is 16.4. The summed E-state index contributed by atoms with van der Waals surface area (Å²) in [5, 5.41) is 2.97. The monoisotopic (exact) mass is 270 g/mol. The van der Waals surface area contributed by atoms with Gasteiger partial charge in [0.05, 0.1) is 0 Å². The summed E-state index contributed by atoms with van der Waals surface area (Å²) in [4.78, 5) is 16.5. The van der Waals surface area contributed by atoms with Crippen LogP contribution in [0.4, 0.5) is 0 Å². The number of piperidine rings is 1. The Balaban J connectivity index is 2.16. The summed E-state index contributed by atoms with van der Waals surface area (Å²) in [5.74, 6) is -0.0438. The van der Waals surface area contributed by atoms with Crippen LogP contribution in [0, 0.1) is 5.92 Å². The molecule has 0 aromatic rings. The van der Waals surface area contributed by atoms with Gasteiger partial charge in [0.15, 0.2) is 0 Å². The second kappa shape index (κ2) is 7.82. The number of amides is 1.